The molecule has 0 unspecified atom stereocenters. The van der Waals surface area contributed by atoms with E-state index in [-0.39, 0.29) is 33.7 Å². The summed E-state index contributed by atoms with van der Waals surface area (Å²) < 4.78 is 48.0. The lowest BCUT2D eigenvalue weighted by atomic mass is 10.1. The summed E-state index contributed by atoms with van der Waals surface area (Å²) in [6.07, 6.45) is -4.46. The van der Waals surface area contributed by atoms with Crippen molar-refractivity contribution in [1.29, 1.82) is 0 Å². The van der Waals surface area contributed by atoms with Gasteiger partial charge in [-0.3, -0.25) is 10.1 Å². The lowest BCUT2D eigenvalue weighted by Gasteiger charge is -2.07. The molecule has 136 valence electrons. The van der Waals surface area contributed by atoms with Gasteiger partial charge in [-0.05, 0) is 25.1 Å². The van der Waals surface area contributed by atoms with Crippen LogP contribution in [-0.2, 0) is 12.1 Å². The summed E-state index contributed by atoms with van der Waals surface area (Å²) >= 11 is 6.59. The predicted octanol–water partition coefficient (Wildman–Crippen LogP) is 5.12. The van der Waals surface area contributed by atoms with E-state index < -0.39 is 17.6 Å². The van der Waals surface area contributed by atoms with E-state index in [1.165, 1.54) is 18.2 Å². The van der Waals surface area contributed by atoms with Gasteiger partial charge in [0.1, 0.15) is 11.5 Å². The lowest BCUT2D eigenvalue weighted by molar-refractivity contribution is -0.137. The molecule has 1 N–H and O–H groups in total. The fourth-order valence-electron chi connectivity index (χ4n) is 2.22. The molecule has 2 heterocycles. The Labute approximate surface area is 155 Å². The average molecular weight is 402 g/mol. The Morgan fingerprint density at radius 1 is 1.35 bits per heavy atom. The zero-order valence-electron chi connectivity index (χ0n) is 13.2. The SMILES string of the molecule is Cc1oc(-c2cccc(C(F)(F)F)c2)cc1C(=O)Nc1nc(CCl)ns1. The summed E-state index contributed by atoms with van der Waals surface area (Å²) in [4.78, 5) is 16.4. The highest BCUT2D eigenvalue weighted by atomic mass is 35.5. The van der Waals surface area contributed by atoms with Crippen molar-refractivity contribution in [3.8, 4) is 11.3 Å². The first kappa shape index (κ1) is 18.4. The van der Waals surface area contributed by atoms with Gasteiger partial charge in [0.2, 0.25) is 5.13 Å². The van der Waals surface area contributed by atoms with Crippen LogP contribution in [0.1, 0.15) is 27.5 Å². The molecule has 0 aliphatic heterocycles. The van der Waals surface area contributed by atoms with E-state index in [1.807, 2.05) is 0 Å². The number of hydrogen-bond acceptors (Lipinski definition) is 5. The fourth-order valence-corrected chi connectivity index (χ4v) is 2.99. The first-order valence-electron chi connectivity index (χ1n) is 7.26. The molecule has 3 rings (SSSR count). The molecule has 0 aliphatic rings. The second-order valence-electron chi connectivity index (χ2n) is 5.26. The number of carbonyl (C=O) groups excluding carboxylic acids is 1. The van der Waals surface area contributed by atoms with Gasteiger partial charge in [0, 0.05) is 17.1 Å². The molecule has 0 saturated carbocycles. The molecule has 2 aromatic heterocycles. The quantitative estimate of drug-likeness (QED) is 0.616. The number of furan rings is 1. The molecule has 0 atom stereocenters. The highest BCUT2D eigenvalue weighted by Crippen LogP contribution is 2.33. The highest BCUT2D eigenvalue weighted by Gasteiger charge is 2.30. The van der Waals surface area contributed by atoms with Gasteiger partial charge in [-0.1, -0.05) is 12.1 Å². The molecule has 0 bridgehead atoms. The van der Waals surface area contributed by atoms with Crippen molar-refractivity contribution in [2.75, 3.05) is 5.32 Å². The average Bonchev–Trinajstić information content (AvgIpc) is 3.20. The Hall–Kier alpha value is -2.39. The lowest BCUT2D eigenvalue weighted by Crippen LogP contribution is -2.11. The van der Waals surface area contributed by atoms with E-state index in [0.29, 0.717) is 5.82 Å². The second-order valence-corrected chi connectivity index (χ2v) is 6.28. The van der Waals surface area contributed by atoms with Crippen molar-refractivity contribution in [3.63, 3.8) is 0 Å². The number of nitrogens with zero attached hydrogens (tertiary/aromatic N) is 2. The van der Waals surface area contributed by atoms with Gasteiger partial charge in [0.05, 0.1) is 17.0 Å². The van der Waals surface area contributed by atoms with Gasteiger partial charge in [-0.2, -0.15) is 17.5 Å². The zero-order valence-corrected chi connectivity index (χ0v) is 14.8. The summed E-state index contributed by atoms with van der Waals surface area (Å²) in [6, 6.07) is 6.09. The number of anilines is 1. The van der Waals surface area contributed by atoms with E-state index in [1.54, 1.807) is 6.92 Å². The first-order chi connectivity index (χ1) is 12.3. The van der Waals surface area contributed by atoms with Gasteiger partial charge < -0.3 is 4.42 Å². The molecule has 1 aromatic carbocycles. The summed E-state index contributed by atoms with van der Waals surface area (Å²) in [7, 11) is 0. The van der Waals surface area contributed by atoms with Crippen LogP contribution in [-0.4, -0.2) is 15.3 Å². The van der Waals surface area contributed by atoms with Crippen LogP contribution in [0.5, 0.6) is 0 Å². The monoisotopic (exact) mass is 401 g/mol. The number of rotatable bonds is 4. The Bertz CT molecular complexity index is 952. The van der Waals surface area contributed by atoms with Crippen molar-refractivity contribution in [2.45, 2.75) is 19.0 Å². The number of nitrogens with one attached hydrogen (secondary N) is 1. The maximum absolute atomic E-state index is 12.9. The number of carbonyl (C=O) groups is 1. The number of alkyl halides is 4. The summed E-state index contributed by atoms with van der Waals surface area (Å²) in [5.41, 5.74) is -0.375. The van der Waals surface area contributed by atoms with Crippen LogP contribution in [0, 0.1) is 6.92 Å². The number of amides is 1. The Morgan fingerprint density at radius 3 is 2.77 bits per heavy atom. The number of aromatic nitrogens is 2. The summed E-state index contributed by atoms with van der Waals surface area (Å²) in [5, 5.41) is 2.83. The standard InChI is InChI=1S/C16H11ClF3N3O2S/c1-8-11(14(24)22-15-21-13(7-17)23-26-15)6-12(25-8)9-3-2-4-10(5-9)16(18,19)20/h2-6H,7H2,1H3,(H,21,22,23,24). The topological polar surface area (TPSA) is 68.0 Å². The molecule has 1 amide bonds. The number of hydrogen-bond donors (Lipinski definition) is 1. The number of aryl methyl sites for hydroxylation is 1. The van der Waals surface area contributed by atoms with Gasteiger partial charge in [-0.25, -0.2) is 4.98 Å². The van der Waals surface area contributed by atoms with Crippen molar-refractivity contribution in [1.82, 2.24) is 9.36 Å². The fraction of sp³-hybridized carbons (Fsp3) is 0.188. The third kappa shape index (κ3) is 3.88. The maximum atomic E-state index is 12.9. The third-order valence-electron chi connectivity index (χ3n) is 3.44. The van der Waals surface area contributed by atoms with E-state index in [0.717, 1.165) is 23.7 Å². The van der Waals surface area contributed by atoms with Gasteiger partial charge in [0.25, 0.3) is 5.91 Å². The van der Waals surface area contributed by atoms with Crippen molar-refractivity contribution < 1.29 is 22.4 Å². The van der Waals surface area contributed by atoms with Gasteiger partial charge >= 0.3 is 6.18 Å². The van der Waals surface area contributed by atoms with Crippen molar-refractivity contribution in [3.05, 3.63) is 53.0 Å². The van der Waals surface area contributed by atoms with Gasteiger partial charge in [-0.15, -0.1) is 11.6 Å². The first-order valence-corrected chi connectivity index (χ1v) is 8.56. The minimum atomic E-state index is -4.46. The minimum absolute atomic E-state index is 0.122. The molecule has 0 aliphatic carbocycles. The Morgan fingerprint density at radius 2 is 2.12 bits per heavy atom. The van der Waals surface area contributed by atoms with Crippen LogP contribution in [0.3, 0.4) is 0 Å². The van der Waals surface area contributed by atoms with E-state index >= 15 is 0 Å². The van der Waals surface area contributed by atoms with E-state index in [9.17, 15) is 18.0 Å². The van der Waals surface area contributed by atoms with Crippen LogP contribution >= 0.6 is 23.1 Å². The molecule has 0 fully saturated rings. The van der Waals surface area contributed by atoms with Crippen molar-refractivity contribution >= 4 is 34.2 Å². The minimum Gasteiger partial charge on any atom is -0.461 e. The van der Waals surface area contributed by atoms with Crippen LogP contribution in [0.15, 0.2) is 34.7 Å². The molecule has 26 heavy (non-hydrogen) atoms. The Kier molecular flexibility index (Phi) is 5.01. The molecule has 10 heteroatoms. The molecule has 0 saturated heterocycles. The number of benzene rings is 1. The van der Waals surface area contributed by atoms with E-state index in [2.05, 4.69) is 14.7 Å². The van der Waals surface area contributed by atoms with Crippen LogP contribution in [0.25, 0.3) is 11.3 Å². The maximum Gasteiger partial charge on any atom is 0.416 e. The third-order valence-corrected chi connectivity index (χ3v) is 4.35. The molecular weight excluding hydrogens is 391 g/mol. The largest absolute Gasteiger partial charge is 0.461 e. The molecule has 3 aromatic rings. The van der Waals surface area contributed by atoms with Crippen molar-refractivity contribution in [2.24, 2.45) is 0 Å². The van der Waals surface area contributed by atoms with Crippen LogP contribution < -0.4 is 5.32 Å². The van der Waals surface area contributed by atoms with Crippen LogP contribution in [0.4, 0.5) is 18.3 Å². The second kappa shape index (κ2) is 7.08. The Balaban J connectivity index is 1.86. The van der Waals surface area contributed by atoms with E-state index in [4.69, 9.17) is 16.0 Å². The normalized spacial score (nSPS) is 11.6. The van der Waals surface area contributed by atoms with Crippen LogP contribution in [0.2, 0.25) is 0 Å². The molecule has 0 spiro atoms. The smallest absolute Gasteiger partial charge is 0.416 e. The highest BCUT2D eigenvalue weighted by molar-refractivity contribution is 7.09. The van der Waals surface area contributed by atoms with Gasteiger partial charge in [0.15, 0.2) is 5.82 Å². The summed E-state index contributed by atoms with van der Waals surface area (Å²) in [5.74, 6) is 0.452. The predicted molar refractivity (Wildman–Crippen MR) is 91.3 cm³/mol. The molecule has 0 radical (unpaired) electrons. The number of halogens is 4. The molecular formula is C16H11ClF3N3O2S. The zero-order chi connectivity index (χ0) is 18.9. The molecule has 5 nitrogen and oxygen atoms in total. The summed E-state index contributed by atoms with van der Waals surface area (Å²) in [6.45, 7) is 1.55.